The lowest BCUT2D eigenvalue weighted by atomic mass is 10.3. The molecule has 2 N–H and O–H groups in total. The monoisotopic (exact) mass is 310 g/mol. The first kappa shape index (κ1) is 16.1. The summed E-state index contributed by atoms with van der Waals surface area (Å²) >= 11 is 5.66. The zero-order valence-electron chi connectivity index (χ0n) is 9.95. The van der Waals surface area contributed by atoms with E-state index in [2.05, 4.69) is 5.32 Å². The fourth-order valence-corrected chi connectivity index (χ4v) is 1.54. The molecular formula is C11H10ClF3N2O3. The van der Waals surface area contributed by atoms with Gasteiger partial charge in [0, 0.05) is 10.7 Å². The second-order valence-corrected chi connectivity index (χ2v) is 4.24. The fraction of sp³-hybridized carbons (Fsp3) is 0.273. The molecule has 0 aromatic heterocycles. The van der Waals surface area contributed by atoms with E-state index >= 15 is 0 Å². The fourth-order valence-electron chi connectivity index (χ4n) is 1.35. The van der Waals surface area contributed by atoms with Gasteiger partial charge in [0.05, 0.1) is 0 Å². The number of hydrogen-bond donors (Lipinski definition) is 2. The highest BCUT2D eigenvalue weighted by Gasteiger charge is 2.34. The number of nitrogens with zero attached hydrogens (tertiary/aromatic N) is 1. The Morgan fingerprint density at radius 1 is 1.35 bits per heavy atom. The van der Waals surface area contributed by atoms with Gasteiger partial charge in [0.1, 0.15) is 13.1 Å². The molecule has 0 bridgehead atoms. The van der Waals surface area contributed by atoms with Gasteiger partial charge in [0.2, 0.25) is 0 Å². The molecule has 0 unspecified atom stereocenters. The third-order valence-electron chi connectivity index (χ3n) is 2.06. The van der Waals surface area contributed by atoms with Crippen molar-refractivity contribution in [2.45, 2.75) is 6.18 Å². The van der Waals surface area contributed by atoms with Crippen LogP contribution in [0.15, 0.2) is 24.3 Å². The number of benzene rings is 1. The number of alkyl halides is 3. The summed E-state index contributed by atoms with van der Waals surface area (Å²) in [5.41, 5.74) is 0.167. The highest BCUT2D eigenvalue weighted by molar-refractivity contribution is 6.30. The number of carboxylic acids is 1. The van der Waals surface area contributed by atoms with Crippen LogP contribution in [-0.2, 0) is 4.79 Å². The maximum Gasteiger partial charge on any atom is 0.406 e. The van der Waals surface area contributed by atoms with E-state index in [1.165, 1.54) is 24.3 Å². The minimum atomic E-state index is -4.69. The summed E-state index contributed by atoms with van der Waals surface area (Å²) in [5.74, 6) is -1.55. The summed E-state index contributed by atoms with van der Waals surface area (Å²) in [4.78, 5) is 22.3. The van der Waals surface area contributed by atoms with E-state index in [9.17, 15) is 22.8 Å². The van der Waals surface area contributed by atoms with Gasteiger partial charge in [-0.25, -0.2) is 4.79 Å². The van der Waals surface area contributed by atoms with Crippen molar-refractivity contribution >= 4 is 29.3 Å². The van der Waals surface area contributed by atoms with Crippen LogP contribution in [0.25, 0.3) is 0 Å². The number of carbonyl (C=O) groups excluding carboxylic acids is 1. The summed E-state index contributed by atoms with van der Waals surface area (Å²) in [5, 5.41) is 11.0. The van der Waals surface area contributed by atoms with E-state index in [1.54, 1.807) is 0 Å². The molecule has 0 aliphatic rings. The van der Waals surface area contributed by atoms with E-state index in [0.717, 1.165) is 0 Å². The lowest BCUT2D eigenvalue weighted by Crippen LogP contribution is -2.44. The average Bonchev–Trinajstić information content (AvgIpc) is 2.25. The number of anilines is 1. The first-order chi connectivity index (χ1) is 9.17. The summed E-state index contributed by atoms with van der Waals surface area (Å²) in [6.45, 7) is -2.72. The molecule has 1 aromatic rings. The van der Waals surface area contributed by atoms with Gasteiger partial charge in [-0.1, -0.05) is 17.7 Å². The van der Waals surface area contributed by atoms with Crippen LogP contribution in [0.3, 0.4) is 0 Å². The van der Waals surface area contributed by atoms with E-state index in [0.29, 0.717) is 0 Å². The Morgan fingerprint density at radius 3 is 2.50 bits per heavy atom. The Kier molecular flexibility index (Phi) is 5.20. The van der Waals surface area contributed by atoms with Crippen LogP contribution in [0.2, 0.25) is 5.02 Å². The van der Waals surface area contributed by atoms with Crippen molar-refractivity contribution in [2.75, 3.05) is 18.4 Å². The van der Waals surface area contributed by atoms with Crippen LogP contribution < -0.4 is 5.32 Å². The van der Waals surface area contributed by atoms with Gasteiger partial charge in [0.25, 0.3) is 0 Å². The minimum Gasteiger partial charge on any atom is -0.480 e. The number of rotatable bonds is 4. The number of urea groups is 1. The zero-order valence-corrected chi connectivity index (χ0v) is 10.7. The summed E-state index contributed by atoms with van der Waals surface area (Å²) < 4.78 is 36.9. The lowest BCUT2D eigenvalue weighted by molar-refractivity contribution is -0.148. The molecule has 0 aliphatic carbocycles. The molecule has 0 heterocycles. The molecule has 0 fully saturated rings. The van der Waals surface area contributed by atoms with Gasteiger partial charge in [-0.05, 0) is 18.2 Å². The van der Waals surface area contributed by atoms with Crippen molar-refractivity contribution in [1.82, 2.24) is 4.90 Å². The van der Waals surface area contributed by atoms with E-state index in [4.69, 9.17) is 16.7 Å². The summed E-state index contributed by atoms with van der Waals surface area (Å²) in [6.07, 6.45) is -4.69. The highest BCUT2D eigenvalue weighted by Crippen LogP contribution is 2.18. The Balaban J connectivity index is 2.79. The third kappa shape index (κ3) is 5.79. The van der Waals surface area contributed by atoms with E-state index < -0.39 is 31.3 Å². The van der Waals surface area contributed by atoms with Crippen LogP contribution >= 0.6 is 11.6 Å². The zero-order chi connectivity index (χ0) is 15.3. The molecule has 0 spiro atoms. The Morgan fingerprint density at radius 2 is 2.00 bits per heavy atom. The first-order valence-corrected chi connectivity index (χ1v) is 5.65. The lowest BCUT2D eigenvalue weighted by Gasteiger charge is -2.22. The third-order valence-corrected chi connectivity index (χ3v) is 2.29. The van der Waals surface area contributed by atoms with Crippen molar-refractivity contribution in [2.24, 2.45) is 0 Å². The molecule has 5 nitrogen and oxygen atoms in total. The summed E-state index contributed by atoms with van der Waals surface area (Å²) in [6, 6.07) is 4.57. The second-order valence-electron chi connectivity index (χ2n) is 3.81. The molecule has 9 heteroatoms. The van der Waals surface area contributed by atoms with Crippen molar-refractivity contribution in [3.63, 3.8) is 0 Å². The first-order valence-electron chi connectivity index (χ1n) is 5.27. The highest BCUT2D eigenvalue weighted by atomic mass is 35.5. The molecule has 0 aliphatic heterocycles. The molecule has 1 aromatic carbocycles. The summed E-state index contributed by atoms with van der Waals surface area (Å²) in [7, 11) is 0. The maximum atomic E-state index is 12.3. The van der Waals surface area contributed by atoms with Gasteiger partial charge in [-0.3, -0.25) is 4.79 Å². The normalized spacial score (nSPS) is 11.0. The minimum absolute atomic E-state index is 0.142. The van der Waals surface area contributed by atoms with Crippen LogP contribution in [0, 0.1) is 0 Å². The molecule has 0 saturated heterocycles. The van der Waals surface area contributed by atoms with Crippen LogP contribution in [0.1, 0.15) is 0 Å². The largest absolute Gasteiger partial charge is 0.480 e. The SMILES string of the molecule is O=C(O)CN(CC(F)(F)F)C(=O)Nc1cccc(Cl)c1. The number of halogens is 4. The molecule has 2 amide bonds. The molecule has 0 saturated carbocycles. The number of aliphatic carboxylic acids is 1. The number of carboxylic acid groups (broad SMARTS) is 1. The number of amides is 2. The molecule has 110 valence electrons. The number of hydrogen-bond acceptors (Lipinski definition) is 2. The van der Waals surface area contributed by atoms with Crippen molar-refractivity contribution in [1.29, 1.82) is 0 Å². The number of nitrogens with one attached hydrogen (secondary N) is 1. The topological polar surface area (TPSA) is 69.6 Å². The Labute approximate surface area is 116 Å². The Bertz CT molecular complexity index is 508. The van der Waals surface area contributed by atoms with Gasteiger partial charge in [-0.2, -0.15) is 13.2 Å². The molecule has 1 rings (SSSR count). The molecule has 0 radical (unpaired) electrons. The van der Waals surface area contributed by atoms with E-state index in [1.807, 2.05) is 0 Å². The second kappa shape index (κ2) is 6.47. The maximum absolute atomic E-state index is 12.3. The predicted octanol–water partition coefficient (Wildman–Crippen LogP) is 2.82. The standard InChI is InChI=1S/C11H10ClF3N2O3/c12-7-2-1-3-8(4-7)16-10(20)17(5-9(18)19)6-11(13,14)15/h1-4H,5-6H2,(H,16,20)(H,18,19). The van der Waals surface area contributed by atoms with Crippen molar-refractivity contribution in [3.8, 4) is 0 Å². The number of carbonyl (C=O) groups is 2. The van der Waals surface area contributed by atoms with Crippen LogP contribution in [0.4, 0.5) is 23.7 Å². The molecule has 0 atom stereocenters. The molecular weight excluding hydrogens is 301 g/mol. The Hall–Kier alpha value is -1.96. The molecule has 20 heavy (non-hydrogen) atoms. The van der Waals surface area contributed by atoms with Gasteiger partial charge in [0.15, 0.2) is 0 Å². The van der Waals surface area contributed by atoms with E-state index in [-0.39, 0.29) is 15.6 Å². The van der Waals surface area contributed by atoms with Gasteiger partial charge < -0.3 is 15.3 Å². The van der Waals surface area contributed by atoms with Gasteiger partial charge in [-0.15, -0.1) is 0 Å². The van der Waals surface area contributed by atoms with Crippen LogP contribution in [0.5, 0.6) is 0 Å². The quantitative estimate of drug-likeness (QED) is 0.898. The smallest absolute Gasteiger partial charge is 0.406 e. The van der Waals surface area contributed by atoms with Crippen molar-refractivity contribution in [3.05, 3.63) is 29.3 Å². The predicted molar refractivity (Wildman–Crippen MR) is 65.7 cm³/mol. The van der Waals surface area contributed by atoms with Gasteiger partial charge >= 0.3 is 18.2 Å². The van der Waals surface area contributed by atoms with Crippen molar-refractivity contribution < 1.29 is 27.9 Å². The van der Waals surface area contributed by atoms with Crippen LogP contribution in [-0.4, -0.2) is 41.3 Å². The average molecular weight is 311 g/mol.